The largest absolute Gasteiger partial charge is 0.574 e. The molecule has 1 amide bonds. The number of carbonyl (C=O) groups excluding carboxylic acids is 1. The van der Waals surface area contributed by atoms with E-state index in [1.165, 1.54) is 50.0 Å². The molecular formula is C23H20F3N5O5S. The summed E-state index contributed by atoms with van der Waals surface area (Å²) in [6.07, 6.45) is -0.412. The maximum Gasteiger partial charge on any atom is 0.574 e. The fourth-order valence-electron chi connectivity index (χ4n) is 3.73. The zero-order valence-electron chi connectivity index (χ0n) is 19.4. The monoisotopic (exact) mass is 535 g/mol. The average Bonchev–Trinajstić information content (AvgIpc) is 3.23. The van der Waals surface area contributed by atoms with E-state index in [9.17, 15) is 26.4 Å². The fraction of sp³-hybridized carbons (Fsp3) is 0.174. The van der Waals surface area contributed by atoms with Crippen LogP contribution in [0.5, 0.6) is 11.8 Å². The lowest BCUT2D eigenvalue weighted by Crippen LogP contribution is -2.19. The molecule has 0 aliphatic heterocycles. The SMILES string of the molecule is CNCc1cn(S(=O)(=O)c2cccnc2)c2cc(N(C=O)c3ccc(OC(F)(F)F)nc3OC)ccc12. The second-order valence-electron chi connectivity index (χ2n) is 7.58. The number of aromatic nitrogens is 3. The average molecular weight is 536 g/mol. The van der Waals surface area contributed by atoms with E-state index >= 15 is 0 Å². The van der Waals surface area contributed by atoms with Crippen LogP contribution in [0.25, 0.3) is 10.9 Å². The molecule has 4 aromatic rings. The van der Waals surface area contributed by atoms with Gasteiger partial charge >= 0.3 is 6.36 Å². The second-order valence-corrected chi connectivity index (χ2v) is 9.39. The van der Waals surface area contributed by atoms with E-state index in [1.807, 2.05) is 0 Å². The molecular weight excluding hydrogens is 515 g/mol. The van der Waals surface area contributed by atoms with Crippen molar-refractivity contribution < 1.29 is 35.9 Å². The van der Waals surface area contributed by atoms with Crippen molar-refractivity contribution in [1.82, 2.24) is 19.3 Å². The number of nitrogens with zero attached hydrogens (tertiary/aromatic N) is 4. The highest BCUT2D eigenvalue weighted by Crippen LogP contribution is 2.36. The van der Waals surface area contributed by atoms with E-state index in [0.717, 1.165) is 14.9 Å². The summed E-state index contributed by atoms with van der Waals surface area (Å²) in [4.78, 5) is 20.7. The Balaban J connectivity index is 1.86. The first-order valence-corrected chi connectivity index (χ1v) is 12.0. The van der Waals surface area contributed by atoms with E-state index in [2.05, 4.69) is 20.0 Å². The van der Waals surface area contributed by atoms with Crippen LogP contribution in [0.1, 0.15) is 5.56 Å². The number of alkyl halides is 3. The Morgan fingerprint density at radius 3 is 2.59 bits per heavy atom. The van der Waals surface area contributed by atoms with Crippen molar-refractivity contribution in [3.8, 4) is 11.8 Å². The normalized spacial score (nSPS) is 11.9. The van der Waals surface area contributed by atoms with Crippen molar-refractivity contribution >= 4 is 38.7 Å². The first kappa shape index (κ1) is 25.9. The zero-order valence-corrected chi connectivity index (χ0v) is 20.2. The van der Waals surface area contributed by atoms with Crippen molar-refractivity contribution in [2.75, 3.05) is 19.1 Å². The second kappa shape index (κ2) is 10.1. The van der Waals surface area contributed by atoms with Gasteiger partial charge in [-0.05, 0) is 42.9 Å². The highest BCUT2D eigenvalue weighted by molar-refractivity contribution is 7.90. The van der Waals surface area contributed by atoms with Crippen LogP contribution in [0, 0.1) is 0 Å². The predicted molar refractivity (Wildman–Crippen MR) is 127 cm³/mol. The number of ether oxygens (including phenoxy) is 2. The van der Waals surface area contributed by atoms with Crippen molar-refractivity contribution in [2.24, 2.45) is 0 Å². The number of anilines is 2. The lowest BCUT2D eigenvalue weighted by Gasteiger charge is -2.20. The van der Waals surface area contributed by atoms with Crippen molar-refractivity contribution in [1.29, 1.82) is 0 Å². The minimum absolute atomic E-state index is 0.00930. The number of halogens is 3. The topological polar surface area (TPSA) is 116 Å². The van der Waals surface area contributed by atoms with Gasteiger partial charge in [0.05, 0.1) is 18.3 Å². The molecule has 3 heterocycles. The molecule has 4 rings (SSSR count). The van der Waals surface area contributed by atoms with Crippen LogP contribution in [0.3, 0.4) is 0 Å². The third-order valence-electron chi connectivity index (χ3n) is 5.27. The summed E-state index contributed by atoms with van der Waals surface area (Å²) in [6, 6.07) is 9.69. The number of hydrogen-bond donors (Lipinski definition) is 1. The Hall–Kier alpha value is -4.17. The maximum absolute atomic E-state index is 13.4. The number of benzene rings is 1. The van der Waals surface area contributed by atoms with Gasteiger partial charge < -0.3 is 14.8 Å². The molecule has 0 atom stereocenters. The van der Waals surface area contributed by atoms with Gasteiger partial charge in [0, 0.05) is 36.6 Å². The number of nitrogens with one attached hydrogen (secondary N) is 1. The number of rotatable bonds is 9. The number of pyridine rings is 2. The minimum Gasteiger partial charge on any atom is -0.479 e. The Kier molecular flexibility index (Phi) is 7.05. The Labute approximate surface area is 209 Å². The molecule has 0 radical (unpaired) electrons. The quantitative estimate of drug-likeness (QED) is 0.324. The number of carbonyl (C=O) groups is 1. The molecule has 0 saturated heterocycles. The maximum atomic E-state index is 13.4. The smallest absolute Gasteiger partial charge is 0.479 e. The van der Waals surface area contributed by atoms with Crippen LogP contribution in [0.4, 0.5) is 24.5 Å². The molecule has 0 aliphatic carbocycles. The number of amides is 1. The lowest BCUT2D eigenvalue weighted by atomic mass is 10.1. The molecule has 37 heavy (non-hydrogen) atoms. The summed E-state index contributed by atoms with van der Waals surface area (Å²) in [5, 5.41) is 3.59. The van der Waals surface area contributed by atoms with E-state index in [4.69, 9.17) is 4.74 Å². The van der Waals surface area contributed by atoms with Crippen molar-refractivity contribution in [2.45, 2.75) is 17.8 Å². The highest BCUT2D eigenvalue weighted by Gasteiger charge is 2.32. The molecule has 0 fully saturated rings. The molecule has 10 nitrogen and oxygen atoms in total. The Morgan fingerprint density at radius 2 is 1.97 bits per heavy atom. The Bertz CT molecular complexity index is 1540. The van der Waals surface area contributed by atoms with E-state index < -0.39 is 22.3 Å². The zero-order chi connectivity index (χ0) is 26.8. The van der Waals surface area contributed by atoms with Gasteiger partial charge in [0.15, 0.2) is 0 Å². The molecule has 0 saturated carbocycles. The standard InChI is InChI=1S/C23H20F3N5O5S/c1-27-11-15-13-31(37(33,34)17-4-3-9-28-12-17)20-10-16(5-6-18(15)20)30(14-32)19-7-8-21(29-22(19)35-2)36-23(24,25)26/h3-10,12-14,27H,11H2,1-2H3. The molecule has 1 aromatic carbocycles. The van der Waals surface area contributed by atoms with Gasteiger partial charge in [0.25, 0.3) is 10.0 Å². The number of fused-ring (bicyclic) bond motifs is 1. The molecule has 0 spiro atoms. The molecule has 14 heteroatoms. The summed E-state index contributed by atoms with van der Waals surface area (Å²) >= 11 is 0. The van der Waals surface area contributed by atoms with Crippen LogP contribution in [-0.4, -0.2) is 49.3 Å². The van der Waals surface area contributed by atoms with E-state index in [0.29, 0.717) is 23.9 Å². The molecule has 0 unspecified atom stereocenters. The van der Waals surface area contributed by atoms with Crippen LogP contribution < -0.4 is 19.7 Å². The number of methoxy groups -OCH3 is 1. The summed E-state index contributed by atoms with van der Waals surface area (Å²) in [6.45, 7) is 0.362. The van der Waals surface area contributed by atoms with E-state index in [1.54, 1.807) is 19.2 Å². The fourth-order valence-corrected chi connectivity index (χ4v) is 5.08. The van der Waals surface area contributed by atoms with Crippen molar-refractivity contribution in [3.05, 3.63) is 66.6 Å². The summed E-state index contributed by atoms with van der Waals surface area (Å²) in [5.41, 5.74) is 1.17. The van der Waals surface area contributed by atoms with Gasteiger partial charge in [-0.3, -0.25) is 14.7 Å². The van der Waals surface area contributed by atoms with Gasteiger partial charge in [-0.15, -0.1) is 13.2 Å². The van der Waals surface area contributed by atoms with Gasteiger partial charge in [-0.25, -0.2) is 12.4 Å². The molecule has 1 N–H and O–H groups in total. The van der Waals surface area contributed by atoms with Crippen molar-refractivity contribution in [3.63, 3.8) is 0 Å². The predicted octanol–water partition coefficient (Wildman–Crippen LogP) is 3.59. The van der Waals surface area contributed by atoms with E-state index in [-0.39, 0.29) is 27.7 Å². The van der Waals surface area contributed by atoms with Crippen LogP contribution in [-0.2, 0) is 21.4 Å². The summed E-state index contributed by atoms with van der Waals surface area (Å²) < 4.78 is 74.6. The molecule has 0 bridgehead atoms. The van der Waals surface area contributed by atoms with Gasteiger partial charge in [0.2, 0.25) is 18.2 Å². The van der Waals surface area contributed by atoms with Gasteiger partial charge in [0.1, 0.15) is 10.6 Å². The summed E-state index contributed by atoms with van der Waals surface area (Å²) in [5.74, 6) is -1.09. The third-order valence-corrected chi connectivity index (χ3v) is 6.92. The highest BCUT2D eigenvalue weighted by atomic mass is 32.2. The first-order chi connectivity index (χ1) is 17.6. The molecule has 194 valence electrons. The van der Waals surface area contributed by atoms with Gasteiger partial charge in [-0.1, -0.05) is 6.07 Å². The molecule has 3 aromatic heterocycles. The Morgan fingerprint density at radius 1 is 1.19 bits per heavy atom. The lowest BCUT2D eigenvalue weighted by molar-refractivity contribution is -0.276. The number of hydrogen-bond acceptors (Lipinski definition) is 8. The summed E-state index contributed by atoms with van der Waals surface area (Å²) in [7, 11) is -1.17. The molecule has 0 aliphatic rings. The van der Waals surface area contributed by atoms with Gasteiger partial charge in [-0.2, -0.15) is 4.98 Å². The van der Waals surface area contributed by atoms with Crippen LogP contribution in [0.15, 0.2) is 66.0 Å². The van der Waals surface area contributed by atoms with Crippen LogP contribution in [0.2, 0.25) is 0 Å². The minimum atomic E-state index is -4.97. The first-order valence-electron chi connectivity index (χ1n) is 10.6. The van der Waals surface area contributed by atoms with Crippen LogP contribution >= 0.6 is 0 Å². The third kappa shape index (κ3) is 5.20.